The smallest absolute Gasteiger partial charge is 0.242 e. The van der Waals surface area contributed by atoms with E-state index in [0.29, 0.717) is 0 Å². The molecule has 0 N–H and O–H groups in total. The molecular formula is C16H17N3O2S. The maximum absolute atomic E-state index is 12.1. The topological polar surface area (TPSA) is 54.7 Å². The highest BCUT2D eigenvalue weighted by Crippen LogP contribution is 2.22. The van der Waals surface area contributed by atoms with Gasteiger partial charge in [-0.05, 0) is 36.8 Å². The van der Waals surface area contributed by atoms with Crippen molar-refractivity contribution in [2.45, 2.75) is 11.8 Å². The number of hydrogen-bond acceptors (Lipinski definition) is 3. The molecule has 114 valence electrons. The van der Waals surface area contributed by atoms with Gasteiger partial charge in [-0.1, -0.05) is 12.1 Å². The van der Waals surface area contributed by atoms with Crippen molar-refractivity contribution in [1.29, 1.82) is 0 Å². The van der Waals surface area contributed by atoms with Gasteiger partial charge in [-0.2, -0.15) is 0 Å². The van der Waals surface area contributed by atoms with Gasteiger partial charge < -0.3 is 4.40 Å². The predicted molar refractivity (Wildman–Crippen MR) is 86.2 cm³/mol. The summed E-state index contributed by atoms with van der Waals surface area (Å²) in [4.78, 5) is 4.85. The van der Waals surface area contributed by atoms with Gasteiger partial charge in [0.1, 0.15) is 5.65 Å². The summed E-state index contributed by atoms with van der Waals surface area (Å²) >= 11 is 0. The van der Waals surface area contributed by atoms with E-state index < -0.39 is 10.0 Å². The van der Waals surface area contributed by atoms with Crippen molar-refractivity contribution >= 4 is 15.7 Å². The molecule has 0 aliphatic rings. The lowest BCUT2D eigenvalue weighted by atomic mass is 10.2. The van der Waals surface area contributed by atoms with Gasteiger partial charge in [-0.15, -0.1) is 0 Å². The van der Waals surface area contributed by atoms with E-state index >= 15 is 0 Å². The van der Waals surface area contributed by atoms with Crippen molar-refractivity contribution in [3.63, 3.8) is 0 Å². The number of pyridine rings is 1. The molecule has 1 aromatic carbocycles. The third-order valence-corrected chi connectivity index (χ3v) is 5.37. The van der Waals surface area contributed by atoms with Crippen LogP contribution in [0.1, 0.15) is 5.56 Å². The van der Waals surface area contributed by atoms with Crippen LogP contribution in [0.25, 0.3) is 16.9 Å². The van der Waals surface area contributed by atoms with Crippen molar-refractivity contribution in [2.75, 3.05) is 14.1 Å². The van der Waals surface area contributed by atoms with Crippen molar-refractivity contribution < 1.29 is 8.42 Å². The molecule has 0 unspecified atom stereocenters. The summed E-state index contributed by atoms with van der Waals surface area (Å²) in [6, 6.07) is 10.8. The molecule has 0 saturated heterocycles. The summed E-state index contributed by atoms with van der Waals surface area (Å²) in [5, 5.41) is 0. The average Bonchev–Trinajstić information content (AvgIpc) is 2.90. The van der Waals surface area contributed by atoms with Crippen LogP contribution in [0, 0.1) is 6.92 Å². The number of rotatable bonds is 3. The van der Waals surface area contributed by atoms with Crippen LogP contribution >= 0.6 is 0 Å². The summed E-state index contributed by atoms with van der Waals surface area (Å²) in [6.07, 6.45) is 3.90. The zero-order chi connectivity index (χ0) is 15.9. The molecular weight excluding hydrogens is 298 g/mol. The molecule has 0 amide bonds. The first kappa shape index (κ1) is 14.7. The van der Waals surface area contributed by atoms with Crippen LogP contribution in [0.2, 0.25) is 0 Å². The monoisotopic (exact) mass is 315 g/mol. The third kappa shape index (κ3) is 2.51. The summed E-state index contributed by atoms with van der Waals surface area (Å²) in [6.45, 7) is 2.02. The molecule has 0 bridgehead atoms. The number of aromatic nitrogens is 2. The number of nitrogens with zero attached hydrogens (tertiary/aromatic N) is 3. The van der Waals surface area contributed by atoms with Gasteiger partial charge in [0.05, 0.1) is 10.6 Å². The number of hydrogen-bond donors (Lipinski definition) is 0. The van der Waals surface area contributed by atoms with E-state index in [4.69, 9.17) is 0 Å². The van der Waals surface area contributed by atoms with Crippen LogP contribution in [0.15, 0.2) is 53.7 Å². The minimum Gasteiger partial charge on any atom is -0.306 e. The number of aryl methyl sites for hydroxylation is 1. The van der Waals surface area contributed by atoms with E-state index in [1.54, 1.807) is 24.3 Å². The molecule has 6 heteroatoms. The Bertz CT molecular complexity index is 926. The van der Waals surface area contributed by atoms with Gasteiger partial charge in [0.25, 0.3) is 0 Å². The van der Waals surface area contributed by atoms with Crippen LogP contribution in [0.5, 0.6) is 0 Å². The summed E-state index contributed by atoms with van der Waals surface area (Å²) in [5.41, 5.74) is 3.73. The van der Waals surface area contributed by atoms with Gasteiger partial charge in [-0.3, -0.25) is 0 Å². The largest absolute Gasteiger partial charge is 0.306 e. The van der Waals surface area contributed by atoms with E-state index in [1.807, 2.05) is 35.9 Å². The highest BCUT2D eigenvalue weighted by molar-refractivity contribution is 7.89. The molecule has 3 aromatic rings. The highest BCUT2D eigenvalue weighted by atomic mass is 32.2. The lowest BCUT2D eigenvalue weighted by Gasteiger charge is -2.11. The Morgan fingerprint density at radius 2 is 1.77 bits per heavy atom. The second-order valence-electron chi connectivity index (χ2n) is 5.41. The van der Waals surface area contributed by atoms with E-state index in [-0.39, 0.29) is 4.90 Å². The van der Waals surface area contributed by atoms with Crippen LogP contribution in [0.4, 0.5) is 0 Å². The van der Waals surface area contributed by atoms with E-state index in [9.17, 15) is 8.42 Å². The normalized spacial score (nSPS) is 12.2. The minimum absolute atomic E-state index is 0.279. The van der Waals surface area contributed by atoms with E-state index in [2.05, 4.69) is 4.98 Å². The maximum atomic E-state index is 12.1. The zero-order valence-electron chi connectivity index (χ0n) is 12.7. The van der Waals surface area contributed by atoms with Crippen molar-refractivity contribution in [1.82, 2.24) is 13.7 Å². The Morgan fingerprint density at radius 3 is 2.41 bits per heavy atom. The Hall–Kier alpha value is -2.18. The minimum atomic E-state index is -3.40. The summed E-state index contributed by atoms with van der Waals surface area (Å²) < 4.78 is 27.3. The number of imidazole rings is 1. The molecule has 2 heterocycles. The first-order valence-electron chi connectivity index (χ1n) is 6.86. The van der Waals surface area contributed by atoms with Crippen LogP contribution in [-0.4, -0.2) is 36.2 Å². The molecule has 2 aromatic heterocycles. The molecule has 0 aliphatic heterocycles. The fourth-order valence-corrected chi connectivity index (χ4v) is 3.13. The lowest BCUT2D eigenvalue weighted by molar-refractivity contribution is 0.521. The van der Waals surface area contributed by atoms with Crippen molar-refractivity contribution in [3.05, 3.63) is 54.4 Å². The Kier molecular flexibility index (Phi) is 3.50. The lowest BCUT2D eigenvalue weighted by Crippen LogP contribution is -2.22. The molecule has 0 atom stereocenters. The quantitative estimate of drug-likeness (QED) is 0.746. The number of sulfonamides is 1. The zero-order valence-corrected chi connectivity index (χ0v) is 13.5. The summed E-state index contributed by atoms with van der Waals surface area (Å²) in [5.74, 6) is 0. The molecule has 3 rings (SSSR count). The number of fused-ring (bicyclic) bond motifs is 1. The molecule has 0 spiro atoms. The fraction of sp³-hybridized carbons (Fsp3) is 0.188. The fourth-order valence-electron chi connectivity index (χ4n) is 2.23. The van der Waals surface area contributed by atoms with Crippen molar-refractivity contribution in [3.8, 4) is 11.3 Å². The Morgan fingerprint density at radius 1 is 1.09 bits per heavy atom. The van der Waals surface area contributed by atoms with Gasteiger partial charge >= 0.3 is 0 Å². The first-order chi connectivity index (χ1) is 10.4. The van der Waals surface area contributed by atoms with Crippen LogP contribution < -0.4 is 0 Å². The van der Waals surface area contributed by atoms with Crippen LogP contribution in [0.3, 0.4) is 0 Å². The number of benzene rings is 1. The molecule has 22 heavy (non-hydrogen) atoms. The first-order valence-corrected chi connectivity index (χ1v) is 8.30. The molecule has 0 radical (unpaired) electrons. The van der Waals surface area contributed by atoms with Gasteiger partial charge in [0, 0.05) is 32.1 Å². The maximum Gasteiger partial charge on any atom is 0.242 e. The SMILES string of the molecule is Cc1ccn2cc(-c3ccc(S(=O)(=O)N(C)C)cc3)nc2c1. The molecule has 0 saturated carbocycles. The van der Waals surface area contributed by atoms with Crippen LogP contribution in [-0.2, 0) is 10.0 Å². The second-order valence-corrected chi connectivity index (χ2v) is 7.56. The van der Waals surface area contributed by atoms with E-state index in [0.717, 1.165) is 22.5 Å². The Balaban J connectivity index is 2.01. The predicted octanol–water partition coefficient (Wildman–Crippen LogP) is 2.56. The molecule has 0 fully saturated rings. The van der Waals surface area contributed by atoms with Gasteiger partial charge in [-0.25, -0.2) is 17.7 Å². The Labute approximate surface area is 129 Å². The van der Waals surface area contributed by atoms with Gasteiger partial charge in [0.2, 0.25) is 10.0 Å². The highest BCUT2D eigenvalue weighted by Gasteiger charge is 2.17. The molecule has 0 aliphatic carbocycles. The van der Waals surface area contributed by atoms with Gasteiger partial charge in [0.15, 0.2) is 0 Å². The second kappa shape index (κ2) is 5.23. The van der Waals surface area contributed by atoms with E-state index in [1.165, 1.54) is 18.4 Å². The summed E-state index contributed by atoms with van der Waals surface area (Å²) in [7, 11) is -0.355. The third-order valence-electron chi connectivity index (χ3n) is 3.54. The van der Waals surface area contributed by atoms with Crippen molar-refractivity contribution in [2.24, 2.45) is 0 Å². The standard InChI is InChI=1S/C16H17N3O2S/c1-12-8-9-19-11-15(17-16(19)10-12)13-4-6-14(7-5-13)22(20,21)18(2)3/h4-11H,1-3H3. The molecule has 5 nitrogen and oxygen atoms in total. The average molecular weight is 315 g/mol.